The Morgan fingerprint density at radius 2 is 1.83 bits per heavy atom. The van der Waals surface area contributed by atoms with Crippen LogP contribution in [0.15, 0.2) is 48.5 Å². The van der Waals surface area contributed by atoms with E-state index in [1.165, 1.54) is 22.5 Å². The van der Waals surface area contributed by atoms with E-state index in [-0.39, 0.29) is 22.6 Å². The molecule has 1 aliphatic heterocycles. The summed E-state index contributed by atoms with van der Waals surface area (Å²) in [5.41, 5.74) is 1.55. The molecule has 0 aliphatic carbocycles. The van der Waals surface area contributed by atoms with Crippen LogP contribution in [0.2, 0.25) is 5.02 Å². The largest absolute Gasteiger partial charge is 0.326 e. The van der Waals surface area contributed by atoms with Crippen LogP contribution in [0, 0.1) is 11.7 Å². The maximum atomic E-state index is 13.2. The minimum atomic E-state index is -3.33. The Hall–Kier alpha value is -1.96. The molecule has 0 unspecified atom stereocenters. The van der Waals surface area contributed by atoms with Gasteiger partial charge in [-0.1, -0.05) is 41.9 Å². The number of hydrogen-bond acceptors (Lipinski definition) is 3. The van der Waals surface area contributed by atoms with Crippen molar-refractivity contribution in [1.29, 1.82) is 0 Å². The van der Waals surface area contributed by atoms with Gasteiger partial charge in [0.2, 0.25) is 15.9 Å². The molecule has 1 heterocycles. The minimum absolute atomic E-state index is 0.0563. The summed E-state index contributed by atoms with van der Waals surface area (Å²) in [5, 5.41) is 2.67. The number of rotatable bonds is 7. The lowest BCUT2D eigenvalue weighted by molar-refractivity contribution is -0.120. The summed E-state index contributed by atoms with van der Waals surface area (Å²) in [4.78, 5) is 12.4. The molecule has 5 nitrogen and oxygen atoms in total. The fourth-order valence-electron chi connectivity index (χ4n) is 3.45. The molecule has 1 aliphatic rings. The number of sulfonamides is 1. The topological polar surface area (TPSA) is 66.5 Å². The van der Waals surface area contributed by atoms with E-state index in [1.54, 1.807) is 0 Å². The van der Waals surface area contributed by atoms with Gasteiger partial charge in [-0.3, -0.25) is 4.79 Å². The fourth-order valence-corrected chi connectivity index (χ4v) is 5.16. The molecule has 0 spiro atoms. The standard InChI is InChI=1S/C21H24ClFN2O3S/c22-19-15-18(8-9-20(19)23)24-21(26)17-10-12-25(13-11-17)29(27,28)14-4-7-16-5-2-1-3-6-16/h1-3,5-6,8-9,15,17H,4,7,10-14H2,(H,24,26). The SMILES string of the molecule is O=C(Nc1ccc(F)c(Cl)c1)C1CCN(S(=O)(=O)CCCc2ccccc2)CC1. The average Bonchev–Trinajstić information content (AvgIpc) is 2.71. The highest BCUT2D eigenvalue weighted by Crippen LogP contribution is 2.24. The van der Waals surface area contributed by atoms with Gasteiger partial charge in [0, 0.05) is 24.7 Å². The molecule has 0 radical (unpaired) electrons. The monoisotopic (exact) mass is 438 g/mol. The molecule has 0 bridgehead atoms. The Bertz CT molecular complexity index is 946. The molecule has 3 rings (SSSR count). The second kappa shape index (κ2) is 9.69. The number of benzene rings is 2. The molecule has 29 heavy (non-hydrogen) atoms. The summed E-state index contributed by atoms with van der Waals surface area (Å²) in [5.74, 6) is -0.925. The fraction of sp³-hybridized carbons (Fsp3) is 0.381. The highest BCUT2D eigenvalue weighted by Gasteiger charge is 2.30. The first kappa shape index (κ1) is 21.7. The molecule has 1 fully saturated rings. The normalized spacial score (nSPS) is 15.9. The zero-order chi connectivity index (χ0) is 20.9. The van der Waals surface area contributed by atoms with Gasteiger partial charge >= 0.3 is 0 Å². The van der Waals surface area contributed by atoms with Crippen LogP contribution < -0.4 is 5.32 Å². The Labute approximate surface area is 175 Å². The third kappa shape index (κ3) is 6.01. The predicted molar refractivity (Wildman–Crippen MR) is 113 cm³/mol. The number of piperidine rings is 1. The number of halogens is 2. The third-order valence-electron chi connectivity index (χ3n) is 5.12. The van der Waals surface area contributed by atoms with E-state index in [0.717, 1.165) is 12.0 Å². The number of nitrogens with one attached hydrogen (secondary N) is 1. The summed E-state index contributed by atoms with van der Waals surface area (Å²) < 4.78 is 39.9. The molecular weight excluding hydrogens is 415 g/mol. The second-order valence-corrected chi connectivity index (χ2v) is 9.69. The van der Waals surface area contributed by atoms with E-state index in [4.69, 9.17) is 11.6 Å². The number of nitrogens with zero attached hydrogens (tertiary/aromatic N) is 1. The van der Waals surface area contributed by atoms with Gasteiger partial charge in [-0.2, -0.15) is 0 Å². The summed E-state index contributed by atoms with van der Waals surface area (Å²) in [6.07, 6.45) is 2.20. The molecule has 8 heteroatoms. The van der Waals surface area contributed by atoms with Gasteiger partial charge in [-0.05, 0) is 49.4 Å². The van der Waals surface area contributed by atoms with Gasteiger partial charge in [0.15, 0.2) is 0 Å². The molecule has 1 N–H and O–H groups in total. The van der Waals surface area contributed by atoms with Crippen molar-refractivity contribution < 1.29 is 17.6 Å². The maximum Gasteiger partial charge on any atom is 0.227 e. The van der Waals surface area contributed by atoms with E-state index in [0.29, 0.717) is 38.0 Å². The lowest BCUT2D eigenvalue weighted by Crippen LogP contribution is -2.42. The summed E-state index contributed by atoms with van der Waals surface area (Å²) in [6.45, 7) is 0.659. The van der Waals surface area contributed by atoms with Gasteiger partial charge in [0.1, 0.15) is 5.82 Å². The van der Waals surface area contributed by atoms with Crippen LogP contribution in [0.5, 0.6) is 0 Å². The van der Waals surface area contributed by atoms with E-state index in [1.807, 2.05) is 30.3 Å². The van der Waals surface area contributed by atoms with Crippen LogP contribution in [0.1, 0.15) is 24.8 Å². The molecule has 0 aromatic heterocycles. The van der Waals surface area contributed by atoms with Crippen LogP contribution in [-0.2, 0) is 21.2 Å². The van der Waals surface area contributed by atoms with Crippen molar-refractivity contribution in [2.75, 3.05) is 24.2 Å². The average molecular weight is 439 g/mol. The molecule has 1 saturated heterocycles. The smallest absolute Gasteiger partial charge is 0.227 e. The van der Waals surface area contributed by atoms with Gasteiger partial charge < -0.3 is 5.32 Å². The number of anilines is 1. The molecule has 2 aromatic rings. The molecular formula is C21H24ClFN2O3S. The number of carbonyl (C=O) groups excluding carboxylic acids is 1. The summed E-state index contributed by atoms with van der Waals surface area (Å²) >= 11 is 5.73. The van der Waals surface area contributed by atoms with Crippen LogP contribution in [-0.4, -0.2) is 37.5 Å². The highest BCUT2D eigenvalue weighted by atomic mass is 35.5. The first-order chi connectivity index (χ1) is 13.8. The quantitative estimate of drug-likeness (QED) is 0.707. The van der Waals surface area contributed by atoms with E-state index in [2.05, 4.69) is 5.32 Å². The Balaban J connectivity index is 1.47. The molecule has 0 saturated carbocycles. The van der Waals surface area contributed by atoms with Crippen molar-refractivity contribution in [3.8, 4) is 0 Å². The number of carbonyl (C=O) groups is 1. The number of amides is 1. The Morgan fingerprint density at radius 3 is 2.48 bits per heavy atom. The van der Waals surface area contributed by atoms with Crippen molar-refractivity contribution in [1.82, 2.24) is 4.31 Å². The van der Waals surface area contributed by atoms with E-state index >= 15 is 0 Å². The number of hydrogen-bond donors (Lipinski definition) is 1. The first-order valence-electron chi connectivity index (χ1n) is 9.63. The third-order valence-corrected chi connectivity index (χ3v) is 7.36. The molecule has 156 valence electrons. The van der Waals surface area contributed by atoms with Crippen molar-refractivity contribution >= 4 is 33.2 Å². The Kier molecular flexibility index (Phi) is 7.27. The summed E-state index contributed by atoms with van der Waals surface area (Å²) in [7, 11) is -3.33. The first-order valence-corrected chi connectivity index (χ1v) is 11.6. The molecule has 0 atom stereocenters. The lowest BCUT2D eigenvalue weighted by Gasteiger charge is -2.30. The predicted octanol–water partition coefficient (Wildman–Crippen LogP) is 4.09. The maximum absolute atomic E-state index is 13.2. The van der Waals surface area contributed by atoms with Crippen molar-refractivity contribution in [2.45, 2.75) is 25.7 Å². The van der Waals surface area contributed by atoms with Gasteiger partial charge in [0.25, 0.3) is 0 Å². The van der Waals surface area contributed by atoms with Crippen molar-refractivity contribution in [3.63, 3.8) is 0 Å². The molecule has 2 aromatic carbocycles. The summed E-state index contributed by atoms with van der Waals surface area (Å²) in [6, 6.07) is 13.8. The molecule has 1 amide bonds. The van der Waals surface area contributed by atoms with Crippen LogP contribution in [0.25, 0.3) is 0 Å². The van der Waals surface area contributed by atoms with Gasteiger partial charge in [-0.25, -0.2) is 17.1 Å². The zero-order valence-corrected chi connectivity index (χ0v) is 17.6. The van der Waals surface area contributed by atoms with Crippen LogP contribution in [0.4, 0.5) is 10.1 Å². The minimum Gasteiger partial charge on any atom is -0.326 e. The van der Waals surface area contributed by atoms with Gasteiger partial charge in [-0.15, -0.1) is 0 Å². The highest BCUT2D eigenvalue weighted by molar-refractivity contribution is 7.89. The van der Waals surface area contributed by atoms with Crippen molar-refractivity contribution in [2.24, 2.45) is 5.92 Å². The van der Waals surface area contributed by atoms with Crippen molar-refractivity contribution in [3.05, 3.63) is 64.9 Å². The zero-order valence-electron chi connectivity index (χ0n) is 16.0. The van der Waals surface area contributed by atoms with E-state index < -0.39 is 15.8 Å². The number of aryl methyl sites for hydroxylation is 1. The van der Waals surface area contributed by atoms with Crippen LogP contribution >= 0.6 is 11.6 Å². The van der Waals surface area contributed by atoms with Gasteiger partial charge in [0.05, 0.1) is 10.8 Å². The second-order valence-electron chi connectivity index (χ2n) is 7.20. The lowest BCUT2D eigenvalue weighted by atomic mass is 9.97. The van der Waals surface area contributed by atoms with E-state index in [9.17, 15) is 17.6 Å². The Morgan fingerprint density at radius 1 is 1.14 bits per heavy atom. The van der Waals surface area contributed by atoms with Crippen LogP contribution in [0.3, 0.4) is 0 Å².